The second-order valence-electron chi connectivity index (χ2n) is 3.38. The molecule has 22 heavy (non-hydrogen) atoms. The lowest BCUT2D eigenvalue weighted by Gasteiger charge is -2.38. The predicted molar refractivity (Wildman–Crippen MR) is 37.3 cm³/mol. The van der Waals surface area contributed by atoms with Crippen LogP contribution >= 0.6 is 0 Å². The molecule has 0 aromatic carbocycles. The average Bonchev–Trinajstić information content (AvgIpc) is 2.24. The van der Waals surface area contributed by atoms with Gasteiger partial charge in [-0.25, -0.2) is 0 Å². The van der Waals surface area contributed by atoms with Gasteiger partial charge in [-0.1, -0.05) is 0 Å². The van der Waals surface area contributed by atoms with Crippen molar-refractivity contribution in [2.24, 2.45) is 0 Å². The van der Waals surface area contributed by atoms with Gasteiger partial charge in [-0.05, 0) is 0 Å². The molecule has 0 aliphatic heterocycles. The van der Waals surface area contributed by atoms with Gasteiger partial charge >= 0.3 is 42.1 Å². The van der Waals surface area contributed by atoms with Gasteiger partial charge in [0.05, 0.1) is 0 Å². The Morgan fingerprint density at radius 3 is 1.00 bits per heavy atom. The molecule has 1 nitrogen and oxygen atoms in total. The van der Waals surface area contributed by atoms with Gasteiger partial charge in [0, 0.05) is 0 Å². The van der Waals surface area contributed by atoms with E-state index in [4.69, 9.17) is 0 Å². The smallest absolute Gasteiger partial charge is 0.418 e. The van der Waals surface area contributed by atoms with E-state index in [9.17, 15) is 61.5 Å². The number of ether oxygens (including phenoxy) is 1. The van der Waals surface area contributed by atoms with Crippen LogP contribution in [0.25, 0.3) is 0 Å². The van der Waals surface area contributed by atoms with Crippen LogP contribution in [0, 0.1) is 0 Å². The molecule has 0 atom stereocenters. The topological polar surface area (TPSA) is 9.23 Å². The van der Waals surface area contributed by atoms with Crippen molar-refractivity contribution in [1.29, 1.82) is 0 Å². The van der Waals surface area contributed by atoms with Gasteiger partial charge in [0.2, 0.25) is 0 Å². The molecule has 0 saturated carbocycles. The van der Waals surface area contributed by atoms with E-state index in [0.29, 0.717) is 0 Å². The SMILES string of the molecule is FC(F)=C(F)OC(F)(C(F)(F)C(F)(F)F)C(F)(F)C(F)(F)F. The molecule has 0 rings (SSSR count). The number of alkyl halides is 11. The lowest BCUT2D eigenvalue weighted by Crippen LogP contribution is -2.68. The fraction of sp³-hybridized carbons (Fsp3) is 0.714. The molecule has 0 aromatic rings. The zero-order chi connectivity index (χ0) is 18.4. The van der Waals surface area contributed by atoms with Crippen LogP contribution < -0.4 is 0 Å². The van der Waals surface area contributed by atoms with Crippen LogP contribution in [0.1, 0.15) is 0 Å². The lowest BCUT2D eigenvalue weighted by atomic mass is 10.0. The van der Waals surface area contributed by atoms with Gasteiger partial charge in [0.15, 0.2) is 0 Å². The monoisotopic (exact) mass is 366 g/mol. The minimum Gasteiger partial charge on any atom is -0.418 e. The molecule has 0 bridgehead atoms. The van der Waals surface area contributed by atoms with Gasteiger partial charge in [0.1, 0.15) is 0 Å². The first kappa shape index (κ1) is 20.6. The maximum absolute atomic E-state index is 13.2. The maximum Gasteiger partial charge on any atom is 0.461 e. The maximum atomic E-state index is 13.2. The van der Waals surface area contributed by atoms with Crippen molar-refractivity contribution in [2.45, 2.75) is 30.1 Å². The van der Waals surface area contributed by atoms with E-state index in [1.165, 1.54) is 0 Å². The number of hydrogen-bond acceptors (Lipinski definition) is 1. The molecule has 15 heteroatoms. The Bertz CT molecular complexity index is 411. The molecule has 0 aliphatic rings. The molecule has 0 amide bonds. The summed E-state index contributed by atoms with van der Waals surface area (Å²) in [5, 5.41) is 0. The zero-order valence-electron chi connectivity index (χ0n) is 9.20. The molecule has 0 fully saturated rings. The molecular formula is C7F14O. The summed E-state index contributed by atoms with van der Waals surface area (Å²) in [6, 6.07) is -4.12. The number of halogens is 14. The van der Waals surface area contributed by atoms with Gasteiger partial charge in [-0.2, -0.15) is 61.5 Å². The molecule has 0 saturated heterocycles. The third-order valence-corrected chi connectivity index (χ3v) is 1.90. The highest BCUT2D eigenvalue weighted by molar-refractivity contribution is 5.06. The Balaban J connectivity index is 6.43. The van der Waals surface area contributed by atoms with E-state index in [-0.39, 0.29) is 0 Å². The minimum atomic E-state index is -7.72. The van der Waals surface area contributed by atoms with E-state index in [2.05, 4.69) is 0 Å². The summed E-state index contributed by atoms with van der Waals surface area (Å²) in [5.41, 5.74) is 0. The van der Waals surface area contributed by atoms with Crippen LogP contribution in [0.2, 0.25) is 0 Å². The van der Waals surface area contributed by atoms with Crippen molar-refractivity contribution in [3.63, 3.8) is 0 Å². The van der Waals surface area contributed by atoms with Crippen molar-refractivity contribution < 1.29 is 66.2 Å². The standard InChI is InChI=1S/C7F14O/c8-1(9)2(10)22-5(15,3(11,12)6(16,17)18)4(13,14)7(19,20)21. The fourth-order valence-corrected chi connectivity index (χ4v) is 0.852. The molecule has 0 aliphatic carbocycles. The van der Waals surface area contributed by atoms with Gasteiger partial charge in [-0.15, -0.1) is 0 Å². The average molecular weight is 366 g/mol. The molecule has 0 aromatic heterocycles. The molecule has 0 unspecified atom stereocenters. The summed E-state index contributed by atoms with van der Waals surface area (Å²) in [6.45, 7) is 0. The van der Waals surface area contributed by atoms with Crippen LogP contribution in [-0.4, -0.2) is 30.1 Å². The van der Waals surface area contributed by atoms with E-state index >= 15 is 0 Å². The Hall–Kier alpha value is -1.44. The summed E-state index contributed by atoms with van der Waals surface area (Å²) >= 11 is 0. The van der Waals surface area contributed by atoms with Crippen LogP contribution in [0.4, 0.5) is 61.5 Å². The highest BCUT2D eigenvalue weighted by Gasteiger charge is 2.89. The summed E-state index contributed by atoms with van der Waals surface area (Å²) in [4.78, 5) is 0. The largest absolute Gasteiger partial charge is 0.461 e. The van der Waals surface area contributed by atoms with Crippen molar-refractivity contribution >= 4 is 0 Å². The first-order valence-electron chi connectivity index (χ1n) is 4.30. The third kappa shape index (κ3) is 3.02. The summed E-state index contributed by atoms with van der Waals surface area (Å²) < 4.78 is 171. The minimum absolute atomic E-state index is 1.74. The van der Waals surface area contributed by atoms with Gasteiger partial charge in [0.25, 0.3) is 0 Å². The van der Waals surface area contributed by atoms with Crippen LogP contribution in [0.5, 0.6) is 0 Å². The third-order valence-electron chi connectivity index (χ3n) is 1.90. The lowest BCUT2D eigenvalue weighted by molar-refractivity contribution is -0.462. The first-order valence-corrected chi connectivity index (χ1v) is 4.30. The Labute approximate surface area is 110 Å². The van der Waals surface area contributed by atoms with Gasteiger partial charge < -0.3 is 4.74 Å². The Morgan fingerprint density at radius 2 is 0.818 bits per heavy atom. The summed E-state index contributed by atoms with van der Waals surface area (Å²) in [6.07, 6.45) is -19.0. The summed E-state index contributed by atoms with van der Waals surface area (Å²) in [7, 11) is 0. The number of rotatable bonds is 4. The highest BCUT2D eigenvalue weighted by atomic mass is 19.4. The highest BCUT2D eigenvalue weighted by Crippen LogP contribution is 2.58. The van der Waals surface area contributed by atoms with Crippen molar-refractivity contribution in [3.8, 4) is 0 Å². The van der Waals surface area contributed by atoms with Crippen molar-refractivity contribution in [1.82, 2.24) is 0 Å². The van der Waals surface area contributed by atoms with E-state index in [0.717, 1.165) is 0 Å². The molecule has 0 heterocycles. The zero-order valence-corrected chi connectivity index (χ0v) is 9.20. The molecule has 0 N–H and O–H groups in total. The van der Waals surface area contributed by atoms with E-state index in [1.807, 2.05) is 0 Å². The molecule has 0 radical (unpaired) electrons. The molecule has 132 valence electrons. The second-order valence-corrected chi connectivity index (χ2v) is 3.38. The van der Waals surface area contributed by atoms with Crippen LogP contribution in [0.3, 0.4) is 0 Å². The van der Waals surface area contributed by atoms with Crippen LogP contribution in [0.15, 0.2) is 12.1 Å². The predicted octanol–water partition coefficient (Wildman–Crippen LogP) is 5.10. The van der Waals surface area contributed by atoms with E-state index in [1.54, 1.807) is 4.74 Å². The van der Waals surface area contributed by atoms with E-state index < -0.39 is 42.1 Å². The summed E-state index contributed by atoms with van der Waals surface area (Å²) in [5.74, 6) is -23.0. The first-order chi connectivity index (χ1) is 9.33. The Morgan fingerprint density at radius 1 is 0.545 bits per heavy atom. The molecular weight excluding hydrogens is 366 g/mol. The normalized spacial score (nSPS) is 14.8. The Kier molecular flexibility index (Phi) is 4.98. The van der Waals surface area contributed by atoms with Crippen LogP contribution in [-0.2, 0) is 4.74 Å². The quantitative estimate of drug-likeness (QED) is 0.497. The fourth-order valence-electron chi connectivity index (χ4n) is 0.852. The molecule has 0 spiro atoms. The number of hydrogen-bond donors (Lipinski definition) is 0. The van der Waals surface area contributed by atoms with Gasteiger partial charge in [-0.3, -0.25) is 0 Å². The van der Waals surface area contributed by atoms with Crippen molar-refractivity contribution in [3.05, 3.63) is 12.1 Å². The van der Waals surface area contributed by atoms with Crippen molar-refractivity contribution in [2.75, 3.05) is 0 Å². The second kappa shape index (κ2) is 5.33.